The number of halogens is 1. The highest BCUT2D eigenvalue weighted by Gasteiger charge is 2.08. The van der Waals surface area contributed by atoms with Crippen molar-refractivity contribution in [3.63, 3.8) is 0 Å². The van der Waals surface area contributed by atoms with E-state index in [1.54, 1.807) is 18.5 Å². The molecule has 0 saturated carbocycles. The van der Waals surface area contributed by atoms with E-state index in [0.717, 1.165) is 12.1 Å². The molecule has 0 aliphatic rings. The molecule has 0 spiro atoms. The molecule has 0 bridgehead atoms. The van der Waals surface area contributed by atoms with E-state index < -0.39 is 0 Å². The number of nitrogens with one attached hydrogen (secondary N) is 1. The lowest BCUT2D eigenvalue weighted by atomic mass is 10.1. The van der Waals surface area contributed by atoms with Gasteiger partial charge in [0.2, 0.25) is 0 Å². The van der Waals surface area contributed by atoms with E-state index in [-0.39, 0.29) is 6.04 Å². The maximum absolute atomic E-state index is 6.25. The van der Waals surface area contributed by atoms with Gasteiger partial charge in [-0.25, -0.2) is 9.97 Å². The van der Waals surface area contributed by atoms with Crippen molar-refractivity contribution in [3.05, 3.63) is 53.1 Å². The number of aromatic nitrogens is 2. The first kappa shape index (κ1) is 14.8. The standard InChI is InChI=1S/C15H18ClN3O/c1-3-17-11(2)12-5-6-14(13(16)9-12)20-10-15-18-7-4-8-19-15/h4-9,11,17H,3,10H2,1-2H3. The molecule has 0 aliphatic carbocycles. The zero-order chi connectivity index (χ0) is 14.4. The van der Waals surface area contributed by atoms with Gasteiger partial charge in [-0.2, -0.15) is 0 Å². The van der Waals surface area contributed by atoms with E-state index in [9.17, 15) is 0 Å². The van der Waals surface area contributed by atoms with Crippen molar-refractivity contribution in [2.45, 2.75) is 26.5 Å². The molecule has 20 heavy (non-hydrogen) atoms. The summed E-state index contributed by atoms with van der Waals surface area (Å²) < 4.78 is 5.64. The van der Waals surface area contributed by atoms with Gasteiger partial charge in [-0.15, -0.1) is 0 Å². The predicted octanol–water partition coefficient (Wildman–Crippen LogP) is 3.38. The fraction of sp³-hybridized carbons (Fsp3) is 0.333. The van der Waals surface area contributed by atoms with Crippen LogP contribution in [0.1, 0.15) is 31.3 Å². The maximum atomic E-state index is 6.25. The molecule has 5 heteroatoms. The van der Waals surface area contributed by atoms with Crippen molar-refractivity contribution in [2.24, 2.45) is 0 Å². The van der Waals surface area contributed by atoms with Gasteiger partial charge in [0.1, 0.15) is 12.4 Å². The first-order valence-corrected chi connectivity index (χ1v) is 7.00. The third-order valence-electron chi connectivity index (χ3n) is 2.94. The van der Waals surface area contributed by atoms with Gasteiger partial charge in [0.05, 0.1) is 5.02 Å². The van der Waals surface area contributed by atoms with Gasteiger partial charge in [-0.1, -0.05) is 24.6 Å². The van der Waals surface area contributed by atoms with Gasteiger partial charge in [-0.3, -0.25) is 0 Å². The Balaban J connectivity index is 2.02. The van der Waals surface area contributed by atoms with E-state index in [1.165, 1.54) is 0 Å². The zero-order valence-electron chi connectivity index (χ0n) is 11.6. The molecule has 1 atom stereocenters. The van der Waals surface area contributed by atoms with Crippen molar-refractivity contribution >= 4 is 11.6 Å². The van der Waals surface area contributed by atoms with Crippen LogP contribution in [-0.2, 0) is 6.61 Å². The summed E-state index contributed by atoms with van der Waals surface area (Å²) in [5, 5.41) is 3.95. The number of hydrogen-bond acceptors (Lipinski definition) is 4. The molecule has 1 unspecified atom stereocenters. The van der Waals surface area contributed by atoms with Crippen LogP contribution in [0, 0.1) is 0 Å². The Kier molecular flexibility index (Phi) is 5.32. The Morgan fingerprint density at radius 1 is 1.30 bits per heavy atom. The average Bonchev–Trinajstić information content (AvgIpc) is 2.47. The van der Waals surface area contributed by atoms with Crippen LogP contribution in [0.5, 0.6) is 5.75 Å². The summed E-state index contributed by atoms with van der Waals surface area (Å²) in [5.41, 5.74) is 1.14. The minimum absolute atomic E-state index is 0.268. The van der Waals surface area contributed by atoms with Crippen molar-refractivity contribution < 1.29 is 4.74 Å². The molecule has 1 N–H and O–H groups in total. The smallest absolute Gasteiger partial charge is 0.166 e. The molecule has 0 fully saturated rings. The number of nitrogens with zero attached hydrogens (tertiary/aromatic N) is 2. The van der Waals surface area contributed by atoms with E-state index in [1.807, 2.05) is 18.2 Å². The number of rotatable bonds is 6. The maximum Gasteiger partial charge on any atom is 0.166 e. The minimum Gasteiger partial charge on any atom is -0.484 e. The van der Waals surface area contributed by atoms with Crippen LogP contribution in [0.3, 0.4) is 0 Å². The fourth-order valence-electron chi connectivity index (χ4n) is 1.87. The lowest BCUT2D eigenvalue weighted by Crippen LogP contribution is -2.17. The van der Waals surface area contributed by atoms with Crippen LogP contribution in [0.25, 0.3) is 0 Å². The summed E-state index contributed by atoms with van der Waals surface area (Å²) in [6.45, 7) is 5.41. The molecule has 0 saturated heterocycles. The highest BCUT2D eigenvalue weighted by atomic mass is 35.5. The summed E-state index contributed by atoms with van der Waals surface area (Å²) >= 11 is 6.25. The monoisotopic (exact) mass is 291 g/mol. The molecule has 0 radical (unpaired) electrons. The molecule has 2 rings (SSSR count). The molecule has 0 aliphatic heterocycles. The van der Waals surface area contributed by atoms with Crippen molar-refractivity contribution in [2.75, 3.05) is 6.54 Å². The number of ether oxygens (including phenoxy) is 1. The normalized spacial score (nSPS) is 12.2. The van der Waals surface area contributed by atoms with Crippen LogP contribution in [0.15, 0.2) is 36.7 Å². The molecular formula is C15H18ClN3O. The second kappa shape index (κ2) is 7.22. The van der Waals surface area contributed by atoms with Gasteiger partial charge in [0.15, 0.2) is 5.82 Å². The van der Waals surface area contributed by atoms with Crippen LogP contribution in [-0.4, -0.2) is 16.5 Å². The summed E-state index contributed by atoms with van der Waals surface area (Å²) in [6, 6.07) is 7.86. The zero-order valence-corrected chi connectivity index (χ0v) is 12.4. The highest BCUT2D eigenvalue weighted by Crippen LogP contribution is 2.28. The lowest BCUT2D eigenvalue weighted by molar-refractivity contribution is 0.296. The lowest BCUT2D eigenvalue weighted by Gasteiger charge is -2.14. The van der Waals surface area contributed by atoms with Crippen molar-refractivity contribution in [1.82, 2.24) is 15.3 Å². The number of benzene rings is 1. The van der Waals surface area contributed by atoms with E-state index in [4.69, 9.17) is 16.3 Å². The van der Waals surface area contributed by atoms with Gasteiger partial charge in [-0.05, 0) is 37.2 Å². The predicted molar refractivity (Wildman–Crippen MR) is 79.9 cm³/mol. The summed E-state index contributed by atoms with van der Waals surface area (Å²) in [4.78, 5) is 8.21. The van der Waals surface area contributed by atoms with Crippen molar-refractivity contribution in [1.29, 1.82) is 0 Å². The topological polar surface area (TPSA) is 47.0 Å². The van der Waals surface area contributed by atoms with Gasteiger partial charge >= 0.3 is 0 Å². The highest BCUT2D eigenvalue weighted by molar-refractivity contribution is 6.32. The number of hydrogen-bond donors (Lipinski definition) is 1. The molecule has 1 aromatic heterocycles. The summed E-state index contributed by atoms with van der Waals surface area (Å²) in [7, 11) is 0. The first-order chi connectivity index (χ1) is 9.70. The Hall–Kier alpha value is -1.65. The second-order valence-electron chi connectivity index (χ2n) is 4.42. The van der Waals surface area contributed by atoms with Gasteiger partial charge < -0.3 is 10.1 Å². The Bertz CT molecular complexity index is 548. The first-order valence-electron chi connectivity index (χ1n) is 6.62. The fourth-order valence-corrected chi connectivity index (χ4v) is 2.12. The molecule has 1 aromatic carbocycles. The van der Waals surface area contributed by atoms with Crippen LogP contribution >= 0.6 is 11.6 Å². The van der Waals surface area contributed by atoms with Crippen LogP contribution in [0.4, 0.5) is 0 Å². The largest absolute Gasteiger partial charge is 0.484 e. The van der Waals surface area contributed by atoms with Gasteiger partial charge in [0, 0.05) is 18.4 Å². The molecule has 0 amide bonds. The SMILES string of the molecule is CCNC(C)c1ccc(OCc2ncccn2)c(Cl)c1. The van der Waals surface area contributed by atoms with E-state index >= 15 is 0 Å². The molecule has 106 valence electrons. The molecule has 4 nitrogen and oxygen atoms in total. The Morgan fingerprint density at radius 2 is 2.05 bits per heavy atom. The quantitative estimate of drug-likeness (QED) is 0.886. The van der Waals surface area contributed by atoms with E-state index in [2.05, 4.69) is 29.1 Å². The second-order valence-corrected chi connectivity index (χ2v) is 4.83. The molecule has 2 aromatic rings. The molecular weight excluding hydrogens is 274 g/mol. The average molecular weight is 292 g/mol. The minimum atomic E-state index is 0.268. The third-order valence-corrected chi connectivity index (χ3v) is 3.24. The van der Waals surface area contributed by atoms with E-state index in [0.29, 0.717) is 23.2 Å². The Morgan fingerprint density at radius 3 is 2.70 bits per heavy atom. The summed E-state index contributed by atoms with van der Waals surface area (Å²) in [5.74, 6) is 1.28. The van der Waals surface area contributed by atoms with Crippen LogP contribution in [0.2, 0.25) is 5.02 Å². The molecule has 1 heterocycles. The van der Waals surface area contributed by atoms with Crippen molar-refractivity contribution in [3.8, 4) is 5.75 Å². The van der Waals surface area contributed by atoms with Gasteiger partial charge in [0.25, 0.3) is 0 Å². The third kappa shape index (κ3) is 3.92. The Labute approximate surface area is 124 Å². The van der Waals surface area contributed by atoms with Crippen LogP contribution < -0.4 is 10.1 Å². The summed E-state index contributed by atoms with van der Waals surface area (Å²) in [6.07, 6.45) is 3.38.